The van der Waals surface area contributed by atoms with Crippen molar-refractivity contribution in [3.8, 4) is 22.3 Å². The van der Waals surface area contributed by atoms with Crippen LogP contribution in [0, 0.1) is 20.8 Å². The van der Waals surface area contributed by atoms with Crippen LogP contribution in [0.15, 0.2) is 60.7 Å². The predicted octanol–water partition coefficient (Wildman–Crippen LogP) is 7.60. The Balaban J connectivity index is 1.65. The topological polar surface area (TPSA) is 0 Å². The van der Waals surface area contributed by atoms with E-state index < -0.39 is 0 Å². The van der Waals surface area contributed by atoms with Crippen LogP contribution in [0.3, 0.4) is 0 Å². The summed E-state index contributed by atoms with van der Waals surface area (Å²) >= 11 is 0. The van der Waals surface area contributed by atoms with Crippen molar-refractivity contribution in [1.29, 1.82) is 0 Å². The van der Waals surface area contributed by atoms with Crippen LogP contribution in [-0.4, -0.2) is 0 Å². The SMILES string of the molecule is Cc1ccc(-c2ccc(-c3c(C)cc(C4CCCC4)cc3C)cc2)cc1. The van der Waals surface area contributed by atoms with E-state index in [1.807, 2.05) is 0 Å². The summed E-state index contributed by atoms with van der Waals surface area (Å²) in [6.45, 7) is 6.68. The molecule has 0 aliphatic heterocycles. The minimum Gasteiger partial charge on any atom is -0.0587 e. The van der Waals surface area contributed by atoms with Crippen LogP contribution in [0.25, 0.3) is 22.3 Å². The molecule has 1 aliphatic carbocycles. The number of aryl methyl sites for hydroxylation is 3. The van der Waals surface area contributed by atoms with Gasteiger partial charge in [-0.3, -0.25) is 0 Å². The fourth-order valence-corrected chi connectivity index (χ4v) is 4.52. The molecule has 0 saturated heterocycles. The molecule has 0 spiro atoms. The quantitative estimate of drug-likeness (QED) is 0.460. The van der Waals surface area contributed by atoms with Gasteiger partial charge in [-0.2, -0.15) is 0 Å². The number of hydrogen-bond acceptors (Lipinski definition) is 0. The van der Waals surface area contributed by atoms with Gasteiger partial charge in [0.25, 0.3) is 0 Å². The number of hydrogen-bond donors (Lipinski definition) is 0. The Bertz CT molecular complexity index is 869. The average Bonchev–Trinajstić information content (AvgIpc) is 3.17. The Kier molecular flexibility index (Phi) is 4.68. The zero-order valence-electron chi connectivity index (χ0n) is 16.2. The van der Waals surface area contributed by atoms with Crippen molar-refractivity contribution >= 4 is 0 Å². The van der Waals surface area contributed by atoms with Gasteiger partial charge in [0.05, 0.1) is 0 Å². The molecular weight excluding hydrogens is 312 g/mol. The first-order valence-electron chi connectivity index (χ1n) is 9.90. The van der Waals surface area contributed by atoms with Gasteiger partial charge in [0.1, 0.15) is 0 Å². The van der Waals surface area contributed by atoms with E-state index in [1.165, 1.54) is 64.6 Å². The molecule has 0 nitrogen and oxygen atoms in total. The highest BCUT2D eigenvalue weighted by Crippen LogP contribution is 2.38. The summed E-state index contributed by atoms with van der Waals surface area (Å²) in [5, 5.41) is 0. The summed E-state index contributed by atoms with van der Waals surface area (Å²) in [5.41, 5.74) is 11.0. The first-order chi connectivity index (χ1) is 12.6. The van der Waals surface area contributed by atoms with Crippen LogP contribution in [0.1, 0.15) is 53.9 Å². The third kappa shape index (κ3) is 3.33. The first kappa shape index (κ1) is 17.1. The Morgan fingerprint density at radius 2 is 1.08 bits per heavy atom. The average molecular weight is 341 g/mol. The maximum atomic E-state index is 2.44. The zero-order chi connectivity index (χ0) is 18.1. The van der Waals surface area contributed by atoms with Crippen LogP contribution >= 0.6 is 0 Å². The van der Waals surface area contributed by atoms with Crippen LogP contribution in [-0.2, 0) is 0 Å². The number of rotatable bonds is 3. The largest absolute Gasteiger partial charge is 0.0587 e. The summed E-state index contributed by atoms with van der Waals surface area (Å²) in [7, 11) is 0. The van der Waals surface area contributed by atoms with E-state index in [0.29, 0.717) is 0 Å². The maximum Gasteiger partial charge on any atom is -0.0125 e. The maximum absolute atomic E-state index is 2.44. The fourth-order valence-electron chi connectivity index (χ4n) is 4.52. The molecule has 0 bridgehead atoms. The van der Waals surface area contributed by atoms with Crippen molar-refractivity contribution in [2.24, 2.45) is 0 Å². The van der Waals surface area contributed by atoms with E-state index in [9.17, 15) is 0 Å². The Morgan fingerprint density at radius 1 is 0.615 bits per heavy atom. The molecule has 0 amide bonds. The summed E-state index contributed by atoms with van der Waals surface area (Å²) < 4.78 is 0. The van der Waals surface area contributed by atoms with E-state index in [-0.39, 0.29) is 0 Å². The molecule has 0 heteroatoms. The molecular formula is C26H28. The third-order valence-electron chi connectivity index (χ3n) is 5.94. The second-order valence-corrected chi connectivity index (χ2v) is 7.95. The molecule has 0 N–H and O–H groups in total. The smallest absolute Gasteiger partial charge is 0.0125 e. The highest BCUT2D eigenvalue weighted by atomic mass is 14.2. The molecule has 0 aromatic heterocycles. The molecule has 0 radical (unpaired) electrons. The second-order valence-electron chi connectivity index (χ2n) is 7.95. The van der Waals surface area contributed by atoms with Gasteiger partial charge in [0, 0.05) is 0 Å². The van der Waals surface area contributed by atoms with Gasteiger partial charge in [0.2, 0.25) is 0 Å². The van der Waals surface area contributed by atoms with Gasteiger partial charge in [-0.15, -0.1) is 0 Å². The van der Waals surface area contributed by atoms with Gasteiger partial charge in [-0.1, -0.05) is 79.1 Å². The van der Waals surface area contributed by atoms with Crippen molar-refractivity contribution in [1.82, 2.24) is 0 Å². The predicted molar refractivity (Wildman–Crippen MR) is 113 cm³/mol. The normalized spacial score (nSPS) is 14.7. The molecule has 0 atom stereocenters. The highest BCUT2D eigenvalue weighted by molar-refractivity contribution is 5.75. The van der Waals surface area contributed by atoms with Crippen molar-refractivity contribution in [2.45, 2.75) is 52.4 Å². The lowest BCUT2D eigenvalue weighted by molar-refractivity contribution is 0.722. The lowest BCUT2D eigenvalue weighted by atomic mass is 9.88. The van der Waals surface area contributed by atoms with Gasteiger partial charge in [-0.05, 0) is 78.5 Å². The molecule has 1 fully saturated rings. The van der Waals surface area contributed by atoms with Crippen LogP contribution in [0.2, 0.25) is 0 Å². The van der Waals surface area contributed by atoms with E-state index in [0.717, 1.165) is 5.92 Å². The lowest BCUT2D eigenvalue weighted by Crippen LogP contribution is -1.97. The minimum absolute atomic E-state index is 0.783. The van der Waals surface area contributed by atoms with Crippen molar-refractivity contribution < 1.29 is 0 Å². The molecule has 4 rings (SSSR count). The standard InChI is InChI=1S/C26H28/c1-18-8-10-22(11-9-18)23-12-14-24(15-13-23)26-19(2)16-25(17-20(26)3)21-6-4-5-7-21/h8-17,21H,4-7H2,1-3H3. The molecule has 1 aliphatic rings. The minimum atomic E-state index is 0.783. The molecule has 0 unspecified atom stereocenters. The summed E-state index contributed by atoms with van der Waals surface area (Å²) in [4.78, 5) is 0. The third-order valence-corrected chi connectivity index (χ3v) is 5.94. The van der Waals surface area contributed by atoms with Crippen molar-refractivity contribution in [2.75, 3.05) is 0 Å². The van der Waals surface area contributed by atoms with Crippen LogP contribution < -0.4 is 0 Å². The van der Waals surface area contributed by atoms with Gasteiger partial charge in [0.15, 0.2) is 0 Å². The van der Waals surface area contributed by atoms with Crippen molar-refractivity contribution in [3.05, 3.63) is 82.9 Å². The molecule has 1 saturated carbocycles. The first-order valence-corrected chi connectivity index (χ1v) is 9.90. The lowest BCUT2D eigenvalue weighted by Gasteiger charge is -2.17. The fraction of sp³-hybridized carbons (Fsp3) is 0.308. The van der Waals surface area contributed by atoms with E-state index in [2.05, 4.69) is 81.4 Å². The van der Waals surface area contributed by atoms with Gasteiger partial charge in [-0.25, -0.2) is 0 Å². The summed E-state index contributed by atoms with van der Waals surface area (Å²) in [5.74, 6) is 0.783. The molecule has 132 valence electrons. The zero-order valence-corrected chi connectivity index (χ0v) is 16.2. The molecule has 0 heterocycles. The highest BCUT2D eigenvalue weighted by Gasteiger charge is 2.19. The number of benzene rings is 3. The van der Waals surface area contributed by atoms with E-state index in [4.69, 9.17) is 0 Å². The summed E-state index contributed by atoms with van der Waals surface area (Å²) in [6.07, 6.45) is 5.52. The van der Waals surface area contributed by atoms with E-state index in [1.54, 1.807) is 5.56 Å². The summed E-state index contributed by atoms with van der Waals surface area (Å²) in [6, 6.07) is 22.7. The van der Waals surface area contributed by atoms with Gasteiger partial charge >= 0.3 is 0 Å². The Morgan fingerprint density at radius 3 is 1.62 bits per heavy atom. The van der Waals surface area contributed by atoms with E-state index >= 15 is 0 Å². The molecule has 26 heavy (non-hydrogen) atoms. The molecule has 3 aromatic rings. The Labute approximate surface area is 157 Å². The Hall–Kier alpha value is -2.34. The van der Waals surface area contributed by atoms with Gasteiger partial charge < -0.3 is 0 Å². The van der Waals surface area contributed by atoms with Crippen LogP contribution in [0.4, 0.5) is 0 Å². The molecule has 3 aromatic carbocycles. The van der Waals surface area contributed by atoms with Crippen molar-refractivity contribution in [3.63, 3.8) is 0 Å². The second kappa shape index (κ2) is 7.11. The van der Waals surface area contributed by atoms with Crippen LogP contribution in [0.5, 0.6) is 0 Å². The monoisotopic (exact) mass is 340 g/mol.